The topological polar surface area (TPSA) is 164 Å². The number of alkyl halides is 6. The molecule has 19 heteroatoms. The highest BCUT2D eigenvalue weighted by Gasteiger charge is 2.53. The van der Waals surface area contributed by atoms with Crippen molar-refractivity contribution in [1.82, 2.24) is 20.4 Å². The van der Waals surface area contributed by atoms with E-state index in [4.69, 9.17) is 14.2 Å². The molecule has 0 aromatic rings. The van der Waals surface area contributed by atoms with E-state index in [2.05, 4.69) is 10.6 Å². The molecular weight excluding hydrogens is 794 g/mol. The monoisotopic (exact) mass is 860 g/mol. The maximum atomic E-state index is 13.0. The number of ether oxygens (including phenoxy) is 3. The van der Waals surface area contributed by atoms with Crippen molar-refractivity contribution in [2.45, 2.75) is 182 Å². The first-order valence-corrected chi connectivity index (χ1v) is 19.7. The molecule has 59 heavy (non-hydrogen) atoms. The number of hydrogen-bond donors (Lipinski definition) is 3. The van der Waals surface area contributed by atoms with Crippen LogP contribution in [0.4, 0.5) is 35.9 Å². The SMILES string of the molecule is C.C[C@@H]1CC2C[C@H](NC(=O)OC(C)(C)C)[C@H](O)C1N(C(=O)CC(F)(F)F)C2.C[C@@H]1CC2C[C@H](NC(=O)OC(C)(C)C)[C@H](OC(=O)C(C)(C)C)C1N(C(=O)CC(F)(F)F)C2. The third-order valence-corrected chi connectivity index (χ3v) is 10.5. The average molecular weight is 861 g/mol. The van der Waals surface area contributed by atoms with Crippen LogP contribution in [0.2, 0.25) is 0 Å². The number of esters is 1. The van der Waals surface area contributed by atoms with Crippen molar-refractivity contribution in [3.63, 3.8) is 0 Å². The molecule has 0 aromatic carbocycles. The third-order valence-electron chi connectivity index (χ3n) is 10.5. The predicted molar refractivity (Wildman–Crippen MR) is 205 cm³/mol. The van der Waals surface area contributed by atoms with E-state index in [0.29, 0.717) is 25.7 Å². The fourth-order valence-electron chi connectivity index (χ4n) is 8.46. The Hall–Kier alpha value is -3.51. The highest BCUT2D eigenvalue weighted by Crippen LogP contribution is 2.41. The third kappa shape index (κ3) is 15.5. The minimum atomic E-state index is -4.64. The zero-order chi connectivity index (χ0) is 44.5. The maximum absolute atomic E-state index is 13.0. The number of carbonyl (C=O) groups excluding carboxylic acids is 5. The van der Waals surface area contributed by atoms with Crippen molar-refractivity contribution in [3.05, 3.63) is 0 Å². The number of piperidine rings is 2. The van der Waals surface area contributed by atoms with Crippen LogP contribution in [0.15, 0.2) is 0 Å². The van der Waals surface area contributed by atoms with Gasteiger partial charge in [0.2, 0.25) is 11.8 Å². The number of nitrogens with one attached hydrogen (secondary N) is 2. The Morgan fingerprint density at radius 2 is 1.00 bits per heavy atom. The molecule has 2 aliphatic carbocycles. The van der Waals surface area contributed by atoms with Crippen molar-refractivity contribution in [2.24, 2.45) is 29.1 Å². The first-order chi connectivity index (χ1) is 26.1. The minimum absolute atomic E-state index is 0. The lowest BCUT2D eigenvalue weighted by molar-refractivity contribution is -0.176. The Morgan fingerprint density at radius 1 is 0.627 bits per heavy atom. The van der Waals surface area contributed by atoms with Gasteiger partial charge in [-0.2, -0.15) is 26.3 Å². The van der Waals surface area contributed by atoms with Crippen molar-refractivity contribution >= 4 is 30.0 Å². The lowest BCUT2D eigenvalue weighted by atomic mass is 9.85. The summed E-state index contributed by atoms with van der Waals surface area (Å²) in [6.45, 7) is 19.2. The molecule has 6 rings (SSSR count). The number of carbonyl (C=O) groups is 5. The molecule has 4 bridgehead atoms. The van der Waals surface area contributed by atoms with Gasteiger partial charge in [0, 0.05) is 13.1 Å². The second-order valence-corrected chi connectivity index (χ2v) is 19.4. The number of aliphatic hydroxyl groups is 1. The Kier molecular flexibility index (Phi) is 16.7. The number of fused-ring (bicyclic) bond motifs is 8. The largest absolute Gasteiger partial charge is 0.458 e. The predicted octanol–water partition coefficient (Wildman–Crippen LogP) is 7.13. The first kappa shape index (κ1) is 51.6. The Balaban J connectivity index is 0.000000408. The first-order valence-electron chi connectivity index (χ1n) is 19.7. The van der Waals surface area contributed by atoms with E-state index in [1.54, 1.807) is 62.3 Å². The zero-order valence-electron chi connectivity index (χ0n) is 35.3. The number of halogens is 6. The Bertz CT molecular complexity index is 1490. The highest BCUT2D eigenvalue weighted by molar-refractivity contribution is 5.79. The van der Waals surface area contributed by atoms with Gasteiger partial charge in [-0.05, 0) is 112 Å². The number of aliphatic hydroxyl groups excluding tert-OH is 1. The van der Waals surface area contributed by atoms with Gasteiger partial charge in [0.25, 0.3) is 0 Å². The van der Waals surface area contributed by atoms with Crippen molar-refractivity contribution in [3.8, 4) is 0 Å². The smallest absolute Gasteiger partial charge is 0.408 e. The summed E-state index contributed by atoms with van der Waals surface area (Å²) in [5, 5.41) is 16.1. The van der Waals surface area contributed by atoms with E-state index in [-0.39, 0.29) is 44.2 Å². The minimum Gasteiger partial charge on any atom is -0.458 e. The van der Waals surface area contributed by atoms with E-state index in [9.17, 15) is 55.4 Å². The Morgan fingerprint density at radius 3 is 1.39 bits per heavy atom. The molecule has 4 heterocycles. The van der Waals surface area contributed by atoms with Gasteiger partial charge in [0.15, 0.2) is 0 Å². The summed E-state index contributed by atoms with van der Waals surface area (Å²) in [5.41, 5.74) is -2.33. The van der Waals surface area contributed by atoms with Crippen molar-refractivity contribution < 1.29 is 69.6 Å². The van der Waals surface area contributed by atoms with Crippen LogP contribution in [0.25, 0.3) is 0 Å². The van der Waals surface area contributed by atoms with Crippen molar-refractivity contribution in [1.29, 1.82) is 0 Å². The van der Waals surface area contributed by atoms with Crippen LogP contribution in [0, 0.1) is 29.1 Å². The van der Waals surface area contributed by atoms with Crippen LogP contribution in [0.5, 0.6) is 0 Å². The zero-order valence-corrected chi connectivity index (χ0v) is 35.3. The molecule has 6 fully saturated rings. The van der Waals surface area contributed by atoms with Crippen molar-refractivity contribution in [2.75, 3.05) is 13.1 Å². The van der Waals surface area contributed by atoms with Crippen LogP contribution in [-0.2, 0) is 28.6 Å². The van der Waals surface area contributed by atoms with E-state index in [1.807, 2.05) is 13.8 Å². The molecule has 0 spiro atoms. The van der Waals surface area contributed by atoms with Crippen LogP contribution < -0.4 is 10.6 Å². The maximum Gasteiger partial charge on any atom is 0.408 e. The average Bonchev–Trinajstić information content (AvgIpc) is 3.32. The standard InChI is InChI=1S/C22H35F3N2O5.C17H27F3N2O4.CH4/c1-12-8-13-9-14(26-19(30)32-21(5,6)7)17(31-18(29)20(2,3)4)16(12)27(11-13)15(28)10-22(23,24)25;1-9-5-10-6-11(21-15(25)26-16(2,3)4)14(24)13(9)22(8-10)12(23)7-17(18,19)20;/h12-14,16-17H,8-11H2,1-7H3,(H,26,30);9-11,13-14,24H,5-8H2,1-4H3,(H,21,25);1H4/t12-,13?,14+,16?,17+;9-,10?,11+,13?,14+;/m11./s1. The normalized spacial score (nSPS) is 29.7. The molecule has 3 N–H and O–H groups in total. The molecule has 0 radical (unpaired) electrons. The van der Waals surface area contributed by atoms with E-state index >= 15 is 0 Å². The molecule has 6 aliphatic rings. The van der Waals surface area contributed by atoms with Gasteiger partial charge in [0.1, 0.15) is 30.1 Å². The lowest BCUT2D eigenvalue weighted by Gasteiger charge is -2.44. The van der Waals surface area contributed by atoms with Gasteiger partial charge in [0.05, 0.1) is 35.7 Å². The van der Waals surface area contributed by atoms with Gasteiger partial charge in [-0.25, -0.2) is 9.59 Å². The van der Waals surface area contributed by atoms with Crippen LogP contribution in [0.1, 0.15) is 122 Å². The summed E-state index contributed by atoms with van der Waals surface area (Å²) in [5.74, 6) is -3.24. The number of rotatable bonds is 5. The number of alkyl carbamates (subject to hydrolysis) is 2. The van der Waals surface area contributed by atoms with Gasteiger partial charge in [-0.15, -0.1) is 0 Å². The fourth-order valence-corrected chi connectivity index (χ4v) is 8.46. The van der Waals surface area contributed by atoms with Gasteiger partial charge < -0.3 is 39.8 Å². The van der Waals surface area contributed by atoms with E-state index in [0.717, 1.165) is 4.90 Å². The molecule has 342 valence electrons. The van der Waals surface area contributed by atoms with Crippen LogP contribution >= 0.6 is 0 Å². The summed E-state index contributed by atoms with van der Waals surface area (Å²) in [4.78, 5) is 64.3. The van der Waals surface area contributed by atoms with Gasteiger partial charge >= 0.3 is 30.5 Å². The molecule has 10 atom stereocenters. The number of nitrogens with zero attached hydrogens (tertiary/aromatic N) is 2. The highest BCUT2D eigenvalue weighted by atomic mass is 19.4. The molecule has 0 aromatic heterocycles. The summed E-state index contributed by atoms with van der Waals surface area (Å²) < 4.78 is 93.1. The lowest BCUT2D eigenvalue weighted by Crippen LogP contribution is -2.59. The van der Waals surface area contributed by atoms with Gasteiger partial charge in [-0.1, -0.05) is 21.3 Å². The number of amides is 4. The molecule has 2 saturated carbocycles. The Labute approximate surface area is 344 Å². The molecule has 13 nitrogen and oxygen atoms in total. The molecule has 4 unspecified atom stereocenters. The molecule has 4 aliphatic heterocycles. The molecular formula is C40H66F6N4O9. The number of hydrogen-bond acceptors (Lipinski definition) is 9. The molecule has 4 amide bonds. The van der Waals surface area contributed by atoms with Crippen LogP contribution in [-0.4, -0.2) is 118 Å². The second kappa shape index (κ2) is 19.0. The second-order valence-electron chi connectivity index (χ2n) is 19.4. The summed E-state index contributed by atoms with van der Waals surface area (Å²) in [6.07, 6.45) is -13.8. The summed E-state index contributed by atoms with van der Waals surface area (Å²) >= 11 is 0. The molecule has 4 saturated heterocycles. The summed E-state index contributed by atoms with van der Waals surface area (Å²) in [7, 11) is 0. The quantitative estimate of drug-likeness (QED) is 0.148. The van der Waals surface area contributed by atoms with Gasteiger partial charge in [-0.3, -0.25) is 14.4 Å². The summed E-state index contributed by atoms with van der Waals surface area (Å²) in [6, 6.07) is -2.91. The fraction of sp³-hybridized carbons (Fsp3) is 0.875. The van der Waals surface area contributed by atoms with E-state index < -0.39 is 108 Å². The van der Waals surface area contributed by atoms with Crippen LogP contribution in [0.3, 0.4) is 0 Å². The van der Waals surface area contributed by atoms with E-state index in [1.165, 1.54) is 4.90 Å².